The summed E-state index contributed by atoms with van der Waals surface area (Å²) in [6, 6.07) is 57.8. The SMILES string of the molecule is N#Cc1ccc2c(c1)c1c(C#N)cccc1n2-c1ccccc1-c1ccccc1-c1ccc(-n2c3ccccc3c3ccccc32)cc1C#N. The van der Waals surface area contributed by atoms with Crippen LogP contribution in [0.5, 0.6) is 0 Å². The fraction of sp³-hybridized carbons (Fsp3) is 0. The van der Waals surface area contributed by atoms with Crippen LogP contribution in [0.4, 0.5) is 0 Å². The minimum atomic E-state index is 0.538. The monoisotopic (exact) mass is 635 g/mol. The normalized spacial score (nSPS) is 11.1. The fourth-order valence-corrected chi connectivity index (χ4v) is 7.54. The number of aromatic nitrogens is 2. The van der Waals surface area contributed by atoms with E-state index in [9.17, 15) is 15.8 Å². The summed E-state index contributed by atoms with van der Waals surface area (Å²) >= 11 is 0. The molecule has 0 fully saturated rings. The smallest absolute Gasteiger partial charge is 0.0998 e. The van der Waals surface area contributed by atoms with Gasteiger partial charge < -0.3 is 9.13 Å². The molecule has 9 rings (SSSR count). The van der Waals surface area contributed by atoms with E-state index < -0.39 is 0 Å². The molecular formula is C45H25N5. The van der Waals surface area contributed by atoms with Gasteiger partial charge in [-0.15, -0.1) is 0 Å². The van der Waals surface area contributed by atoms with Crippen LogP contribution in [-0.2, 0) is 0 Å². The number of nitriles is 3. The lowest BCUT2D eigenvalue weighted by Gasteiger charge is -2.18. The largest absolute Gasteiger partial charge is 0.309 e. The van der Waals surface area contributed by atoms with Gasteiger partial charge in [0.25, 0.3) is 0 Å². The second kappa shape index (κ2) is 11.4. The van der Waals surface area contributed by atoms with E-state index in [1.807, 2.05) is 78.9 Å². The predicted molar refractivity (Wildman–Crippen MR) is 200 cm³/mol. The molecule has 0 saturated carbocycles. The molecule has 0 N–H and O–H groups in total. The molecule has 9 aromatic rings. The van der Waals surface area contributed by atoms with Gasteiger partial charge in [0.15, 0.2) is 0 Å². The number of hydrogen-bond acceptors (Lipinski definition) is 3. The molecule has 5 nitrogen and oxygen atoms in total. The van der Waals surface area contributed by atoms with Gasteiger partial charge in [-0.3, -0.25) is 0 Å². The lowest BCUT2D eigenvalue weighted by atomic mass is 9.91. The molecule has 0 atom stereocenters. The Bertz CT molecular complexity index is 2920. The van der Waals surface area contributed by atoms with Crippen molar-refractivity contribution in [2.24, 2.45) is 0 Å². The van der Waals surface area contributed by atoms with Gasteiger partial charge in [-0.1, -0.05) is 91.0 Å². The van der Waals surface area contributed by atoms with E-state index in [2.05, 4.69) is 100 Å². The molecule has 0 saturated heterocycles. The Labute approximate surface area is 287 Å². The van der Waals surface area contributed by atoms with E-state index in [1.54, 1.807) is 0 Å². The van der Waals surface area contributed by atoms with Gasteiger partial charge in [0, 0.05) is 38.4 Å². The second-order valence-electron chi connectivity index (χ2n) is 12.3. The Morgan fingerprint density at radius 2 is 0.980 bits per heavy atom. The van der Waals surface area contributed by atoms with E-state index in [-0.39, 0.29) is 0 Å². The number of hydrogen-bond donors (Lipinski definition) is 0. The maximum absolute atomic E-state index is 10.6. The maximum Gasteiger partial charge on any atom is 0.0998 e. The molecule has 0 spiro atoms. The van der Waals surface area contributed by atoms with Crippen molar-refractivity contribution in [2.45, 2.75) is 0 Å². The van der Waals surface area contributed by atoms with Crippen molar-refractivity contribution in [3.05, 3.63) is 168 Å². The molecule has 0 bridgehead atoms. The fourth-order valence-electron chi connectivity index (χ4n) is 7.54. The van der Waals surface area contributed by atoms with E-state index >= 15 is 0 Å². The lowest BCUT2D eigenvalue weighted by molar-refractivity contribution is 1.18. The maximum atomic E-state index is 10.6. The molecule has 0 radical (unpaired) electrons. The average molecular weight is 636 g/mol. The number of nitrogens with zero attached hydrogens (tertiary/aromatic N) is 5. The van der Waals surface area contributed by atoms with Crippen molar-refractivity contribution in [1.82, 2.24) is 9.13 Å². The van der Waals surface area contributed by atoms with Gasteiger partial charge in [-0.2, -0.15) is 15.8 Å². The first-order valence-electron chi connectivity index (χ1n) is 16.3. The van der Waals surface area contributed by atoms with Crippen molar-refractivity contribution in [1.29, 1.82) is 15.8 Å². The molecule has 50 heavy (non-hydrogen) atoms. The van der Waals surface area contributed by atoms with Crippen LogP contribution < -0.4 is 0 Å². The van der Waals surface area contributed by atoms with Gasteiger partial charge in [0.05, 0.1) is 62.7 Å². The number of benzene rings is 7. The first kappa shape index (κ1) is 28.8. The number of rotatable bonds is 4. The molecule has 2 aromatic heterocycles. The standard InChI is InChI=1S/C45H25N5/c46-26-29-20-23-43-39(24-29)45-30(27-47)10-9-19-44(45)50(43)42-18-8-3-13-36(42)35-12-2-1-11-34(35)33-22-21-32(25-31(33)28-48)49-40-16-6-4-14-37(40)38-15-5-7-17-41(38)49/h1-25H. The van der Waals surface area contributed by atoms with Crippen LogP contribution >= 0.6 is 0 Å². The molecular weight excluding hydrogens is 611 g/mol. The van der Waals surface area contributed by atoms with Crippen LogP contribution in [0.2, 0.25) is 0 Å². The second-order valence-corrected chi connectivity index (χ2v) is 12.3. The van der Waals surface area contributed by atoms with Crippen molar-refractivity contribution in [2.75, 3.05) is 0 Å². The molecule has 2 heterocycles. The summed E-state index contributed by atoms with van der Waals surface area (Å²) < 4.78 is 4.40. The molecule has 5 heteroatoms. The average Bonchev–Trinajstić information content (AvgIpc) is 3.70. The Kier molecular flexibility index (Phi) is 6.56. The highest BCUT2D eigenvalue weighted by atomic mass is 15.0. The number of fused-ring (bicyclic) bond motifs is 6. The Balaban J connectivity index is 1.26. The quantitative estimate of drug-likeness (QED) is 0.193. The number of para-hydroxylation sites is 3. The van der Waals surface area contributed by atoms with Crippen molar-refractivity contribution in [3.63, 3.8) is 0 Å². The predicted octanol–water partition coefficient (Wildman–Crippen LogP) is 10.8. The van der Waals surface area contributed by atoms with Crippen LogP contribution in [0.1, 0.15) is 16.7 Å². The summed E-state index contributed by atoms with van der Waals surface area (Å²) in [4.78, 5) is 0. The third-order valence-electron chi connectivity index (χ3n) is 9.65. The summed E-state index contributed by atoms with van der Waals surface area (Å²) in [6.07, 6.45) is 0. The Hall–Kier alpha value is -7.39. The van der Waals surface area contributed by atoms with E-state index in [0.717, 1.165) is 66.5 Å². The highest BCUT2D eigenvalue weighted by Gasteiger charge is 2.21. The van der Waals surface area contributed by atoms with E-state index in [1.165, 1.54) is 10.8 Å². The third kappa shape index (κ3) is 4.24. The van der Waals surface area contributed by atoms with E-state index in [4.69, 9.17) is 0 Å². The Morgan fingerprint density at radius 3 is 1.68 bits per heavy atom. The van der Waals surface area contributed by atoms with Crippen LogP contribution in [0.15, 0.2) is 152 Å². The summed E-state index contributed by atoms with van der Waals surface area (Å²) in [5, 5.41) is 34.4. The summed E-state index contributed by atoms with van der Waals surface area (Å²) in [5.74, 6) is 0. The van der Waals surface area contributed by atoms with Crippen molar-refractivity contribution < 1.29 is 0 Å². The summed E-state index contributed by atoms with van der Waals surface area (Å²) in [5.41, 5.74) is 11.2. The van der Waals surface area contributed by atoms with Gasteiger partial charge in [-0.05, 0) is 71.8 Å². The molecule has 0 aliphatic carbocycles. The van der Waals surface area contributed by atoms with Gasteiger partial charge in [0.1, 0.15) is 0 Å². The lowest BCUT2D eigenvalue weighted by Crippen LogP contribution is -1.99. The zero-order valence-corrected chi connectivity index (χ0v) is 26.7. The third-order valence-corrected chi connectivity index (χ3v) is 9.65. The topological polar surface area (TPSA) is 81.2 Å². The highest BCUT2D eigenvalue weighted by molar-refractivity contribution is 6.13. The first-order valence-corrected chi connectivity index (χ1v) is 16.3. The first-order chi connectivity index (χ1) is 24.7. The molecule has 230 valence electrons. The van der Waals surface area contributed by atoms with Crippen LogP contribution in [0.25, 0.3) is 77.2 Å². The highest BCUT2D eigenvalue weighted by Crippen LogP contribution is 2.42. The van der Waals surface area contributed by atoms with Crippen LogP contribution in [0, 0.1) is 34.0 Å². The molecule has 0 aliphatic heterocycles. The zero-order chi connectivity index (χ0) is 33.8. The molecule has 0 aliphatic rings. The minimum Gasteiger partial charge on any atom is -0.309 e. The van der Waals surface area contributed by atoms with Crippen molar-refractivity contribution in [3.8, 4) is 51.8 Å². The molecule has 0 unspecified atom stereocenters. The van der Waals surface area contributed by atoms with Gasteiger partial charge in [-0.25, -0.2) is 0 Å². The summed E-state index contributed by atoms with van der Waals surface area (Å²) in [7, 11) is 0. The van der Waals surface area contributed by atoms with E-state index in [0.29, 0.717) is 16.7 Å². The van der Waals surface area contributed by atoms with Crippen LogP contribution in [0.3, 0.4) is 0 Å². The van der Waals surface area contributed by atoms with Crippen molar-refractivity contribution >= 4 is 43.6 Å². The van der Waals surface area contributed by atoms with Gasteiger partial charge in [0.2, 0.25) is 0 Å². The molecule has 7 aromatic carbocycles. The van der Waals surface area contributed by atoms with Crippen LogP contribution in [-0.4, -0.2) is 9.13 Å². The summed E-state index contributed by atoms with van der Waals surface area (Å²) in [6.45, 7) is 0. The van der Waals surface area contributed by atoms with Gasteiger partial charge >= 0.3 is 0 Å². The zero-order valence-electron chi connectivity index (χ0n) is 26.7. The minimum absolute atomic E-state index is 0.538. The molecule has 0 amide bonds. The Morgan fingerprint density at radius 1 is 0.380 bits per heavy atom.